The molecule has 3 nitrogen and oxygen atoms in total. The van der Waals surface area contributed by atoms with Crippen molar-refractivity contribution in [2.75, 3.05) is 39.8 Å². The second-order valence-corrected chi connectivity index (χ2v) is 6.37. The van der Waals surface area contributed by atoms with E-state index in [-0.39, 0.29) is 0 Å². The fourth-order valence-electron chi connectivity index (χ4n) is 2.53. The van der Waals surface area contributed by atoms with Crippen LogP contribution in [0.2, 0.25) is 0 Å². The molecule has 102 valence electrons. The van der Waals surface area contributed by atoms with Gasteiger partial charge in [-0.2, -0.15) is 0 Å². The number of rotatable bonds is 7. The van der Waals surface area contributed by atoms with Gasteiger partial charge in [-0.25, -0.2) is 0 Å². The summed E-state index contributed by atoms with van der Waals surface area (Å²) >= 11 is 0. The summed E-state index contributed by atoms with van der Waals surface area (Å²) in [6, 6.07) is 0. The second-order valence-electron chi connectivity index (χ2n) is 6.37. The van der Waals surface area contributed by atoms with Gasteiger partial charge in [-0.1, -0.05) is 13.8 Å². The minimum absolute atomic E-state index is 0.314. The van der Waals surface area contributed by atoms with Crippen LogP contribution in [0.15, 0.2) is 0 Å². The molecule has 0 spiro atoms. The second kappa shape index (κ2) is 7.34. The molecule has 0 radical (unpaired) electrons. The highest BCUT2D eigenvalue weighted by atomic mass is 16.2. The summed E-state index contributed by atoms with van der Waals surface area (Å²) in [4.78, 5) is 2.42. The minimum atomic E-state index is 0.314. The smallest absolute Gasteiger partial charge is 0.0431 e. The van der Waals surface area contributed by atoms with Crippen LogP contribution in [-0.2, 0) is 0 Å². The molecule has 1 aliphatic rings. The Kier molecular flexibility index (Phi) is 6.45. The molecule has 1 heterocycles. The summed E-state index contributed by atoms with van der Waals surface area (Å²) in [5.41, 5.74) is 0.314. The van der Waals surface area contributed by atoms with Gasteiger partial charge in [0.2, 0.25) is 0 Å². The van der Waals surface area contributed by atoms with E-state index in [2.05, 4.69) is 31.1 Å². The van der Waals surface area contributed by atoms with Crippen molar-refractivity contribution in [3.05, 3.63) is 0 Å². The predicted octanol–water partition coefficient (Wildman–Crippen LogP) is 1.72. The predicted molar refractivity (Wildman–Crippen MR) is 73.2 cm³/mol. The van der Waals surface area contributed by atoms with Gasteiger partial charge < -0.3 is 15.3 Å². The molecule has 0 aromatic rings. The molecule has 1 rings (SSSR count). The van der Waals surface area contributed by atoms with Crippen molar-refractivity contribution in [2.45, 2.75) is 39.5 Å². The van der Waals surface area contributed by atoms with E-state index in [1.54, 1.807) is 0 Å². The van der Waals surface area contributed by atoms with Gasteiger partial charge in [0.05, 0.1) is 0 Å². The number of hydrogen-bond donors (Lipinski definition) is 2. The SMILES string of the molecule is CN1CCC(CNCC(C)(C)CCCO)CC1. The zero-order valence-electron chi connectivity index (χ0n) is 11.8. The summed E-state index contributed by atoms with van der Waals surface area (Å²) in [6.45, 7) is 9.61. The average Bonchev–Trinajstić information content (AvgIpc) is 2.29. The van der Waals surface area contributed by atoms with E-state index in [9.17, 15) is 0 Å². The molecule has 0 atom stereocenters. The summed E-state index contributed by atoms with van der Waals surface area (Å²) in [7, 11) is 2.21. The fraction of sp³-hybridized carbons (Fsp3) is 1.00. The molecule has 1 saturated heterocycles. The standard InChI is InChI=1S/C14H30N2O/c1-14(2,7-4-10-17)12-15-11-13-5-8-16(3)9-6-13/h13,15,17H,4-12H2,1-3H3. The third-order valence-electron chi connectivity index (χ3n) is 3.89. The average molecular weight is 242 g/mol. The lowest BCUT2D eigenvalue weighted by molar-refractivity contribution is 0.203. The van der Waals surface area contributed by atoms with Crippen molar-refractivity contribution < 1.29 is 5.11 Å². The Morgan fingerprint density at radius 3 is 2.53 bits per heavy atom. The van der Waals surface area contributed by atoms with Gasteiger partial charge in [-0.05, 0) is 63.7 Å². The number of nitrogens with one attached hydrogen (secondary N) is 1. The van der Waals surface area contributed by atoms with E-state index in [1.165, 1.54) is 25.9 Å². The third-order valence-corrected chi connectivity index (χ3v) is 3.89. The quantitative estimate of drug-likeness (QED) is 0.713. The van der Waals surface area contributed by atoms with E-state index in [0.717, 1.165) is 31.8 Å². The van der Waals surface area contributed by atoms with Crippen LogP contribution in [-0.4, -0.2) is 49.8 Å². The summed E-state index contributed by atoms with van der Waals surface area (Å²) < 4.78 is 0. The minimum Gasteiger partial charge on any atom is -0.396 e. The normalized spacial score (nSPS) is 19.8. The highest BCUT2D eigenvalue weighted by molar-refractivity contribution is 4.75. The van der Waals surface area contributed by atoms with E-state index >= 15 is 0 Å². The lowest BCUT2D eigenvalue weighted by Gasteiger charge is -2.31. The Labute approximate surface area is 107 Å². The lowest BCUT2D eigenvalue weighted by Crippen LogP contribution is -2.38. The van der Waals surface area contributed by atoms with Gasteiger partial charge in [0.25, 0.3) is 0 Å². The van der Waals surface area contributed by atoms with Crippen LogP contribution < -0.4 is 5.32 Å². The van der Waals surface area contributed by atoms with Crippen molar-refractivity contribution in [2.24, 2.45) is 11.3 Å². The molecule has 3 heteroatoms. The van der Waals surface area contributed by atoms with Crippen molar-refractivity contribution >= 4 is 0 Å². The monoisotopic (exact) mass is 242 g/mol. The molecule has 0 saturated carbocycles. The molecule has 2 N–H and O–H groups in total. The number of aliphatic hydroxyl groups is 1. The van der Waals surface area contributed by atoms with Gasteiger partial charge in [0, 0.05) is 13.2 Å². The fourth-order valence-corrected chi connectivity index (χ4v) is 2.53. The Bertz CT molecular complexity index is 198. The number of piperidine rings is 1. The zero-order valence-corrected chi connectivity index (χ0v) is 11.8. The van der Waals surface area contributed by atoms with Gasteiger partial charge in [0.1, 0.15) is 0 Å². The molecule has 0 aromatic heterocycles. The van der Waals surface area contributed by atoms with Crippen LogP contribution in [0, 0.1) is 11.3 Å². The topological polar surface area (TPSA) is 35.5 Å². The molecule has 17 heavy (non-hydrogen) atoms. The molecule has 0 amide bonds. The molecule has 0 aliphatic carbocycles. The van der Waals surface area contributed by atoms with Gasteiger partial charge >= 0.3 is 0 Å². The Morgan fingerprint density at radius 2 is 1.94 bits per heavy atom. The number of likely N-dealkylation sites (tertiary alicyclic amines) is 1. The van der Waals surface area contributed by atoms with Gasteiger partial charge in [-0.15, -0.1) is 0 Å². The van der Waals surface area contributed by atoms with E-state index in [4.69, 9.17) is 5.11 Å². The van der Waals surface area contributed by atoms with Crippen molar-refractivity contribution in [1.29, 1.82) is 0 Å². The first-order valence-corrected chi connectivity index (χ1v) is 7.03. The summed E-state index contributed by atoms with van der Waals surface area (Å²) in [5, 5.41) is 12.5. The molecular formula is C14H30N2O. The van der Waals surface area contributed by atoms with E-state index in [1.807, 2.05) is 0 Å². The molecular weight excluding hydrogens is 212 g/mol. The maximum absolute atomic E-state index is 8.86. The van der Waals surface area contributed by atoms with Crippen LogP contribution >= 0.6 is 0 Å². The molecule has 0 aromatic carbocycles. The molecule has 0 unspecified atom stereocenters. The number of nitrogens with zero attached hydrogens (tertiary/aromatic N) is 1. The van der Waals surface area contributed by atoms with Gasteiger partial charge in [0.15, 0.2) is 0 Å². The largest absolute Gasteiger partial charge is 0.396 e. The van der Waals surface area contributed by atoms with Crippen LogP contribution in [0.25, 0.3) is 0 Å². The maximum atomic E-state index is 8.86. The third kappa shape index (κ3) is 6.39. The highest BCUT2D eigenvalue weighted by Crippen LogP contribution is 2.21. The van der Waals surface area contributed by atoms with Crippen molar-refractivity contribution in [3.63, 3.8) is 0 Å². The maximum Gasteiger partial charge on any atom is 0.0431 e. The lowest BCUT2D eigenvalue weighted by atomic mass is 9.87. The summed E-state index contributed by atoms with van der Waals surface area (Å²) in [5.74, 6) is 0.861. The van der Waals surface area contributed by atoms with Gasteiger partial charge in [-0.3, -0.25) is 0 Å². The van der Waals surface area contributed by atoms with Crippen molar-refractivity contribution in [1.82, 2.24) is 10.2 Å². The number of hydrogen-bond acceptors (Lipinski definition) is 3. The van der Waals surface area contributed by atoms with E-state index < -0.39 is 0 Å². The highest BCUT2D eigenvalue weighted by Gasteiger charge is 2.19. The van der Waals surface area contributed by atoms with Crippen LogP contribution in [0.3, 0.4) is 0 Å². The Morgan fingerprint density at radius 1 is 1.29 bits per heavy atom. The summed E-state index contributed by atoms with van der Waals surface area (Å²) in [6.07, 6.45) is 4.69. The first kappa shape index (κ1) is 14.9. The Hall–Kier alpha value is -0.120. The first-order valence-electron chi connectivity index (χ1n) is 7.03. The zero-order chi connectivity index (χ0) is 12.7. The van der Waals surface area contributed by atoms with Crippen LogP contribution in [0.4, 0.5) is 0 Å². The van der Waals surface area contributed by atoms with E-state index in [0.29, 0.717) is 12.0 Å². The van der Waals surface area contributed by atoms with Crippen LogP contribution in [0.5, 0.6) is 0 Å². The Balaban J connectivity index is 2.10. The first-order chi connectivity index (χ1) is 8.03. The van der Waals surface area contributed by atoms with Crippen LogP contribution in [0.1, 0.15) is 39.5 Å². The molecule has 1 aliphatic heterocycles. The molecule has 1 fully saturated rings. The molecule has 0 bridgehead atoms. The van der Waals surface area contributed by atoms with Crippen molar-refractivity contribution in [3.8, 4) is 0 Å². The number of aliphatic hydroxyl groups excluding tert-OH is 1.